The predicted molar refractivity (Wildman–Crippen MR) is 187 cm³/mol. The van der Waals surface area contributed by atoms with Gasteiger partial charge in [0, 0.05) is 34.5 Å². The van der Waals surface area contributed by atoms with Gasteiger partial charge in [-0.15, -0.1) is 0 Å². The Kier molecular flexibility index (Phi) is 6.72. The second kappa shape index (κ2) is 11.2. The van der Waals surface area contributed by atoms with Gasteiger partial charge in [0.15, 0.2) is 0 Å². The van der Waals surface area contributed by atoms with E-state index < -0.39 is 0 Å². The van der Waals surface area contributed by atoms with Crippen molar-refractivity contribution in [1.29, 1.82) is 0 Å². The van der Waals surface area contributed by atoms with Crippen molar-refractivity contribution < 1.29 is 9.84 Å². The molecule has 1 N–H and O–H groups in total. The van der Waals surface area contributed by atoms with Gasteiger partial charge in [0.2, 0.25) is 5.88 Å². The van der Waals surface area contributed by atoms with Crippen LogP contribution in [0.2, 0.25) is 0 Å². The van der Waals surface area contributed by atoms with E-state index >= 15 is 0 Å². The summed E-state index contributed by atoms with van der Waals surface area (Å²) in [7, 11) is 0. The fourth-order valence-electron chi connectivity index (χ4n) is 6.28. The van der Waals surface area contributed by atoms with E-state index in [1.807, 2.05) is 54.7 Å². The van der Waals surface area contributed by atoms with Crippen molar-refractivity contribution in [3.63, 3.8) is 0 Å². The highest BCUT2D eigenvalue weighted by Gasteiger charge is 2.17. The largest absolute Gasteiger partial charge is 0.506 e. The van der Waals surface area contributed by atoms with Crippen molar-refractivity contribution in [2.45, 2.75) is 19.8 Å². The molecule has 5 aromatic carbocycles. The molecule has 5 nitrogen and oxygen atoms in total. The summed E-state index contributed by atoms with van der Waals surface area (Å²) in [6.45, 7) is 4.39. The molecule has 0 bridgehead atoms. The summed E-state index contributed by atoms with van der Waals surface area (Å²) in [6, 6.07) is 45.0. The first-order valence-corrected chi connectivity index (χ1v) is 15.5. The fraction of sp³-hybridized carbons (Fsp3) is 0.0732. The van der Waals surface area contributed by atoms with Gasteiger partial charge in [-0.2, -0.15) is 0 Å². The number of phenols is 1. The average Bonchev–Trinajstić information content (AvgIpc) is 3.42. The molecular formula is C41H31N3O2. The van der Waals surface area contributed by atoms with Crippen LogP contribution in [-0.2, 0) is 0 Å². The highest BCUT2D eigenvalue weighted by atomic mass is 16.5. The number of rotatable bonds is 6. The van der Waals surface area contributed by atoms with E-state index in [1.54, 1.807) is 6.07 Å². The van der Waals surface area contributed by atoms with Gasteiger partial charge in [-0.05, 0) is 76.2 Å². The Hall–Kier alpha value is -5.94. The molecule has 222 valence electrons. The van der Waals surface area contributed by atoms with Crippen LogP contribution in [0.15, 0.2) is 140 Å². The molecule has 46 heavy (non-hydrogen) atoms. The molecule has 3 heterocycles. The second-order valence-corrected chi connectivity index (χ2v) is 11.9. The standard InChI is InChI=1S/C41H31N3O2/c1-26(2)29-20-21-42-39(23-29)44-36-19-16-30(27-10-5-3-6-11-27)22-35(36)32-18-17-31(24-37(32)44)46-40-25-34(28-12-7-4-8-13-28)33-14-9-15-38(45)41(33)43-40/h3-26,45H,1-2H3. The SMILES string of the molecule is CC(C)c1ccnc(-n2c3ccc(-c4ccccc4)cc3c3ccc(Oc4cc(-c5ccccc5)c5cccc(O)c5n4)cc32)c1. The number of para-hydroxylation sites is 1. The van der Waals surface area contributed by atoms with Crippen LogP contribution in [0, 0.1) is 0 Å². The lowest BCUT2D eigenvalue weighted by molar-refractivity contribution is 0.460. The first-order chi connectivity index (χ1) is 22.5. The first kappa shape index (κ1) is 27.6. The summed E-state index contributed by atoms with van der Waals surface area (Å²) in [5.41, 5.74) is 8.06. The number of fused-ring (bicyclic) bond motifs is 4. The minimum atomic E-state index is 0.112. The molecule has 0 spiro atoms. The number of ether oxygens (including phenoxy) is 1. The summed E-state index contributed by atoms with van der Waals surface area (Å²) < 4.78 is 8.71. The van der Waals surface area contributed by atoms with Crippen LogP contribution in [-0.4, -0.2) is 19.6 Å². The van der Waals surface area contributed by atoms with Gasteiger partial charge in [0.05, 0.1) is 11.0 Å². The number of aromatic hydroxyl groups is 1. The van der Waals surface area contributed by atoms with Crippen molar-refractivity contribution in [2.75, 3.05) is 0 Å². The number of nitrogens with zero attached hydrogens (tertiary/aromatic N) is 3. The predicted octanol–water partition coefficient (Wildman–Crippen LogP) is 10.7. The minimum Gasteiger partial charge on any atom is -0.506 e. The van der Waals surface area contributed by atoms with Crippen molar-refractivity contribution in [2.24, 2.45) is 0 Å². The molecule has 0 fully saturated rings. The Morgan fingerprint density at radius 2 is 1.41 bits per heavy atom. The maximum absolute atomic E-state index is 10.8. The summed E-state index contributed by atoms with van der Waals surface area (Å²) in [5, 5.41) is 13.9. The smallest absolute Gasteiger partial charge is 0.220 e. The van der Waals surface area contributed by atoms with E-state index in [-0.39, 0.29) is 5.75 Å². The monoisotopic (exact) mass is 597 g/mol. The lowest BCUT2D eigenvalue weighted by atomic mass is 10.0. The molecule has 0 unspecified atom stereocenters. The Morgan fingerprint density at radius 3 is 2.20 bits per heavy atom. The Morgan fingerprint density at radius 1 is 0.630 bits per heavy atom. The van der Waals surface area contributed by atoms with E-state index in [0.717, 1.165) is 49.7 Å². The molecule has 0 radical (unpaired) electrons. The first-order valence-electron chi connectivity index (χ1n) is 15.5. The van der Waals surface area contributed by atoms with Gasteiger partial charge >= 0.3 is 0 Å². The second-order valence-electron chi connectivity index (χ2n) is 11.9. The molecule has 5 heteroatoms. The Balaban J connectivity index is 1.31. The van der Waals surface area contributed by atoms with Crippen LogP contribution < -0.4 is 4.74 Å². The van der Waals surface area contributed by atoms with Gasteiger partial charge < -0.3 is 9.84 Å². The van der Waals surface area contributed by atoms with Gasteiger partial charge in [-0.25, -0.2) is 9.97 Å². The number of hydrogen-bond acceptors (Lipinski definition) is 4. The molecule has 0 atom stereocenters. The van der Waals surface area contributed by atoms with Crippen molar-refractivity contribution in [1.82, 2.24) is 14.5 Å². The highest BCUT2D eigenvalue weighted by molar-refractivity contribution is 6.10. The summed E-state index contributed by atoms with van der Waals surface area (Å²) in [5.74, 6) is 2.38. The highest BCUT2D eigenvalue weighted by Crippen LogP contribution is 2.39. The molecule has 0 saturated heterocycles. The van der Waals surface area contributed by atoms with E-state index in [0.29, 0.717) is 23.1 Å². The minimum absolute atomic E-state index is 0.112. The molecule has 8 rings (SSSR count). The number of benzene rings is 5. The van der Waals surface area contributed by atoms with Crippen LogP contribution >= 0.6 is 0 Å². The maximum Gasteiger partial charge on any atom is 0.220 e. The quantitative estimate of drug-likeness (QED) is 0.207. The Bertz CT molecular complexity index is 2380. The lowest BCUT2D eigenvalue weighted by Gasteiger charge is -2.13. The van der Waals surface area contributed by atoms with Crippen LogP contribution in [0.5, 0.6) is 17.4 Å². The zero-order valence-electron chi connectivity index (χ0n) is 25.6. The number of phenolic OH excluding ortho intramolecular Hbond substituents is 1. The molecule has 0 aliphatic carbocycles. The van der Waals surface area contributed by atoms with Crippen molar-refractivity contribution in [3.8, 4) is 45.5 Å². The number of aromatic nitrogens is 3. The maximum atomic E-state index is 10.8. The molecular weight excluding hydrogens is 566 g/mol. The van der Waals surface area contributed by atoms with Gasteiger partial charge in [0.1, 0.15) is 22.8 Å². The van der Waals surface area contributed by atoms with E-state index in [9.17, 15) is 5.11 Å². The van der Waals surface area contributed by atoms with Crippen molar-refractivity contribution in [3.05, 3.63) is 145 Å². The summed E-state index contributed by atoms with van der Waals surface area (Å²) in [6.07, 6.45) is 1.89. The zero-order chi connectivity index (χ0) is 31.2. The summed E-state index contributed by atoms with van der Waals surface area (Å²) >= 11 is 0. The van der Waals surface area contributed by atoms with Gasteiger partial charge in [-0.1, -0.05) is 92.7 Å². The molecule has 8 aromatic rings. The van der Waals surface area contributed by atoms with Crippen molar-refractivity contribution >= 4 is 32.7 Å². The number of pyridine rings is 2. The summed E-state index contributed by atoms with van der Waals surface area (Å²) in [4.78, 5) is 9.57. The third-order valence-corrected chi connectivity index (χ3v) is 8.61. The van der Waals surface area contributed by atoms with E-state index in [2.05, 4.69) is 97.3 Å². The molecule has 0 amide bonds. The number of hydrogen-bond donors (Lipinski definition) is 1. The Labute approximate surface area is 267 Å². The fourth-order valence-corrected chi connectivity index (χ4v) is 6.28. The molecule has 0 saturated carbocycles. The van der Waals surface area contributed by atoms with E-state index in [1.165, 1.54) is 11.1 Å². The van der Waals surface area contributed by atoms with E-state index in [4.69, 9.17) is 14.7 Å². The molecule has 0 aliphatic rings. The van der Waals surface area contributed by atoms with Crippen LogP contribution in [0.1, 0.15) is 25.3 Å². The normalized spacial score (nSPS) is 11.5. The van der Waals surface area contributed by atoms with Crippen LogP contribution in [0.3, 0.4) is 0 Å². The molecule has 3 aromatic heterocycles. The van der Waals surface area contributed by atoms with Crippen LogP contribution in [0.25, 0.3) is 60.8 Å². The molecule has 0 aliphatic heterocycles. The average molecular weight is 598 g/mol. The van der Waals surface area contributed by atoms with Gasteiger partial charge in [-0.3, -0.25) is 4.57 Å². The third-order valence-electron chi connectivity index (χ3n) is 8.61. The lowest BCUT2D eigenvalue weighted by Crippen LogP contribution is -1.99. The third kappa shape index (κ3) is 4.83. The van der Waals surface area contributed by atoms with Crippen LogP contribution in [0.4, 0.5) is 0 Å². The topological polar surface area (TPSA) is 60.2 Å². The van der Waals surface area contributed by atoms with Gasteiger partial charge in [0.25, 0.3) is 0 Å². The zero-order valence-corrected chi connectivity index (χ0v) is 25.6.